The van der Waals surface area contributed by atoms with Gasteiger partial charge in [0.1, 0.15) is 12.4 Å². The maximum absolute atomic E-state index is 12.8. The first kappa shape index (κ1) is 18.6. The third-order valence-electron chi connectivity index (χ3n) is 5.09. The summed E-state index contributed by atoms with van der Waals surface area (Å²) < 4.78 is 41.6. The van der Waals surface area contributed by atoms with Crippen molar-refractivity contribution in [3.8, 4) is 0 Å². The molecule has 0 spiro atoms. The summed E-state index contributed by atoms with van der Waals surface area (Å²) in [4.78, 5) is 12.6. The monoisotopic (exact) mass is 398 g/mol. The van der Waals surface area contributed by atoms with Gasteiger partial charge in [-0.1, -0.05) is 11.8 Å². The zero-order valence-electron chi connectivity index (χ0n) is 15.2. The molecule has 2 aliphatic rings. The lowest BCUT2D eigenvalue weighted by Crippen LogP contribution is -2.19. The minimum absolute atomic E-state index is 0.145. The second kappa shape index (κ2) is 6.68. The molecule has 2 saturated carbocycles. The Balaban J connectivity index is 1.48. The van der Waals surface area contributed by atoms with E-state index in [0.717, 1.165) is 41.2 Å². The third kappa shape index (κ3) is 3.93. The van der Waals surface area contributed by atoms with E-state index in [-0.39, 0.29) is 11.5 Å². The molecular formula is C18H21F3N4OS. The zero-order chi connectivity index (χ0) is 19.3. The second-order valence-electron chi connectivity index (χ2n) is 7.41. The summed E-state index contributed by atoms with van der Waals surface area (Å²) in [6.45, 7) is 2.08. The van der Waals surface area contributed by atoms with Crippen molar-refractivity contribution in [1.29, 1.82) is 0 Å². The van der Waals surface area contributed by atoms with Gasteiger partial charge in [-0.15, -0.1) is 10.2 Å². The minimum Gasteiger partial charge on any atom is -0.339 e. The minimum atomic E-state index is -4.32. The molecule has 4 rings (SSSR count). The van der Waals surface area contributed by atoms with Crippen molar-refractivity contribution in [2.45, 2.75) is 69.4 Å². The van der Waals surface area contributed by atoms with Crippen molar-refractivity contribution < 1.29 is 18.0 Å². The first-order valence-corrected chi connectivity index (χ1v) is 10.1. The fourth-order valence-corrected chi connectivity index (χ4v) is 4.29. The zero-order valence-corrected chi connectivity index (χ0v) is 16.0. The maximum Gasteiger partial charge on any atom is 0.406 e. The molecule has 2 fully saturated rings. The number of thioether (sulfide) groups is 1. The number of Topliss-reactive ketones (excluding diaryl/α,β-unsaturated/α-hetero) is 1. The quantitative estimate of drug-likeness (QED) is 0.511. The number of rotatable bonds is 7. The Kier molecular flexibility index (Phi) is 4.60. The van der Waals surface area contributed by atoms with Gasteiger partial charge in [0.05, 0.1) is 5.75 Å². The van der Waals surface area contributed by atoms with Crippen molar-refractivity contribution in [2.75, 3.05) is 5.75 Å². The van der Waals surface area contributed by atoms with Gasteiger partial charge in [-0.2, -0.15) is 13.2 Å². The van der Waals surface area contributed by atoms with Gasteiger partial charge < -0.3 is 9.13 Å². The van der Waals surface area contributed by atoms with E-state index in [1.807, 2.05) is 0 Å². The fourth-order valence-electron chi connectivity index (χ4n) is 3.40. The van der Waals surface area contributed by atoms with E-state index in [1.165, 1.54) is 11.8 Å². The third-order valence-corrected chi connectivity index (χ3v) is 6.03. The molecule has 0 atom stereocenters. The lowest BCUT2D eigenvalue weighted by molar-refractivity contribution is -0.141. The van der Waals surface area contributed by atoms with Gasteiger partial charge in [0, 0.05) is 28.9 Å². The highest BCUT2D eigenvalue weighted by Gasteiger charge is 2.36. The van der Waals surface area contributed by atoms with E-state index in [1.54, 1.807) is 19.9 Å². The van der Waals surface area contributed by atoms with Crippen LogP contribution >= 0.6 is 11.8 Å². The van der Waals surface area contributed by atoms with E-state index in [0.29, 0.717) is 28.9 Å². The molecular weight excluding hydrogens is 377 g/mol. The summed E-state index contributed by atoms with van der Waals surface area (Å²) in [7, 11) is 0. The van der Waals surface area contributed by atoms with Crippen LogP contribution < -0.4 is 0 Å². The van der Waals surface area contributed by atoms with Crippen LogP contribution in [-0.4, -0.2) is 37.0 Å². The molecule has 146 valence electrons. The molecule has 0 amide bonds. The topological polar surface area (TPSA) is 52.7 Å². The normalized spacial score (nSPS) is 17.5. The Labute approximate surface area is 159 Å². The molecule has 0 unspecified atom stereocenters. The summed E-state index contributed by atoms with van der Waals surface area (Å²) in [6.07, 6.45) is 0.179. The van der Waals surface area contributed by atoms with Gasteiger partial charge in [0.15, 0.2) is 10.9 Å². The van der Waals surface area contributed by atoms with E-state index in [9.17, 15) is 18.0 Å². The number of carbonyl (C=O) groups is 1. The molecule has 2 aromatic rings. The van der Waals surface area contributed by atoms with Gasteiger partial charge in [-0.25, -0.2) is 0 Å². The van der Waals surface area contributed by atoms with Gasteiger partial charge in [0.25, 0.3) is 0 Å². The molecule has 0 N–H and O–H groups in total. The first-order chi connectivity index (χ1) is 12.7. The van der Waals surface area contributed by atoms with Gasteiger partial charge in [-0.05, 0) is 45.6 Å². The summed E-state index contributed by atoms with van der Waals surface area (Å²) in [5.41, 5.74) is 1.15. The largest absolute Gasteiger partial charge is 0.406 e. The van der Waals surface area contributed by atoms with E-state index in [4.69, 9.17) is 0 Å². The van der Waals surface area contributed by atoms with Crippen LogP contribution in [0.15, 0.2) is 11.2 Å². The smallest absolute Gasteiger partial charge is 0.339 e. The summed E-state index contributed by atoms with van der Waals surface area (Å²) >= 11 is 1.33. The number of alkyl halides is 3. The Morgan fingerprint density at radius 2 is 1.93 bits per heavy atom. The number of aromatic nitrogens is 4. The Bertz CT molecular complexity index is 878. The molecule has 5 nitrogen and oxygen atoms in total. The molecule has 2 aliphatic carbocycles. The maximum atomic E-state index is 12.8. The molecule has 2 heterocycles. The number of aryl methyl sites for hydroxylation is 1. The predicted octanol–water partition coefficient (Wildman–Crippen LogP) is 4.45. The van der Waals surface area contributed by atoms with Gasteiger partial charge in [-0.3, -0.25) is 4.79 Å². The Hall–Kier alpha value is -1.77. The van der Waals surface area contributed by atoms with Crippen LogP contribution in [0.25, 0.3) is 0 Å². The average molecular weight is 398 g/mol. The molecule has 0 saturated heterocycles. The Morgan fingerprint density at radius 3 is 2.52 bits per heavy atom. The lowest BCUT2D eigenvalue weighted by Gasteiger charge is -2.12. The summed E-state index contributed by atoms with van der Waals surface area (Å²) in [5.74, 6) is 1.48. The molecule has 0 aliphatic heterocycles. The van der Waals surface area contributed by atoms with Crippen molar-refractivity contribution in [1.82, 2.24) is 19.3 Å². The SMILES string of the molecule is Cc1cc(C(=O)CSc2nnc(C3CC3)n2C2CC2)c(C)n1CC(F)(F)F. The molecule has 2 aromatic heterocycles. The van der Waals surface area contributed by atoms with Crippen LogP contribution in [0, 0.1) is 13.8 Å². The number of carbonyl (C=O) groups excluding carboxylic acids is 1. The molecule has 0 aromatic carbocycles. The number of halogens is 3. The lowest BCUT2D eigenvalue weighted by atomic mass is 10.2. The summed E-state index contributed by atoms with van der Waals surface area (Å²) in [6, 6.07) is 1.98. The van der Waals surface area contributed by atoms with Crippen molar-refractivity contribution >= 4 is 17.5 Å². The fraction of sp³-hybridized carbons (Fsp3) is 0.611. The van der Waals surface area contributed by atoms with Crippen LogP contribution in [0.1, 0.15) is 65.2 Å². The number of hydrogen-bond acceptors (Lipinski definition) is 4. The van der Waals surface area contributed by atoms with Crippen LogP contribution in [0.3, 0.4) is 0 Å². The van der Waals surface area contributed by atoms with Crippen molar-refractivity contribution in [2.24, 2.45) is 0 Å². The number of ketones is 1. The average Bonchev–Trinajstić information content (AvgIpc) is 3.52. The molecule has 9 heteroatoms. The summed E-state index contributed by atoms with van der Waals surface area (Å²) in [5, 5.41) is 9.33. The molecule has 0 bridgehead atoms. The van der Waals surface area contributed by atoms with Gasteiger partial charge >= 0.3 is 6.18 Å². The van der Waals surface area contributed by atoms with E-state index >= 15 is 0 Å². The molecule has 27 heavy (non-hydrogen) atoms. The van der Waals surface area contributed by atoms with E-state index in [2.05, 4.69) is 14.8 Å². The van der Waals surface area contributed by atoms with Gasteiger partial charge in [0.2, 0.25) is 0 Å². The predicted molar refractivity (Wildman–Crippen MR) is 95.3 cm³/mol. The van der Waals surface area contributed by atoms with Crippen molar-refractivity contribution in [3.05, 3.63) is 28.8 Å². The number of hydrogen-bond donors (Lipinski definition) is 0. The highest BCUT2D eigenvalue weighted by Crippen LogP contribution is 2.46. The highest BCUT2D eigenvalue weighted by molar-refractivity contribution is 7.99. The van der Waals surface area contributed by atoms with E-state index < -0.39 is 12.7 Å². The second-order valence-corrected chi connectivity index (χ2v) is 8.36. The molecule has 0 radical (unpaired) electrons. The highest BCUT2D eigenvalue weighted by atomic mass is 32.2. The van der Waals surface area contributed by atoms with Crippen LogP contribution in [-0.2, 0) is 6.54 Å². The number of nitrogens with zero attached hydrogens (tertiary/aromatic N) is 4. The van der Waals surface area contributed by atoms with Crippen LogP contribution in [0.4, 0.5) is 13.2 Å². The van der Waals surface area contributed by atoms with Crippen LogP contribution in [0.2, 0.25) is 0 Å². The first-order valence-electron chi connectivity index (χ1n) is 9.09. The van der Waals surface area contributed by atoms with Crippen molar-refractivity contribution in [3.63, 3.8) is 0 Å². The standard InChI is InChI=1S/C18H21F3N4OS/c1-10-7-14(11(2)24(10)9-18(19,20)21)15(26)8-27-17-23-22-16(12-3-4-12)25(17)13-5-6-13/h7,12-13H,3-6,8-9H2,1-2H3. The van der Waals surface area contributed by atoms with Crippen LogP contribution in [0.5, 0.6) is 0 Å². The Morgan fingerprint density at radius 1 is 1.22 bits per heavy atom.